The molecular weight excluding hydrogens is 341 g/mol. The van der Waals surface area contributed by atoms with Gasteiger partial charge in [0, 0.05) is 16.8 Å². The molecule has 4 rings (SSSR count). The Kier molecular flexibility index (Phi) is 4.00. The maximum atomic E-state index is 13.3. The van der Waals surface area contributed by atoms with Gasteiger partial charge in [-0.05, 0) is 60.1 Å². The first-order valence-corrected chi connectivity index (χ1v) is 8.82. The first-order valence-electron chi connectivity index (χ1n) is 7.53. The number of rotatable bonds is 3. The van der Waals surface area contributed by atoms with Crippen molar-refractivity contribution in [1.29, 1.82) is 0 Å². The van der Waals surface area contributed by atoms with E-state index in [1.165, 1.54) is 17.0 Å². The lowest BCUT2D eigenvalue weighted by Gasteiger charge is -2.26. The molecule has 3 nitrogen and oxygen atoms in total. The number of thiocarbonyl (C=S) groups is 1. The number of nitrogens with one attached hydrogen (secondary N) is 1. The van der Waals surface area contributed by atoms with Crippen LogP contribution in [0.4, 0.5) is 10.1 Å². The molecule has 120 valence electrons. The number of halogens is 1. The number of anilines is 1. The van der Waals surface area contributed by atoms with Crippen LogP contribution in [0, 0.1) is 5.82 Å². The van der Waals surface area contributed by atoms with Gasteiger partial charge >= 0.3 is 0 Å². The van der Waals surface area contributed by atoms with Crippen molar-refractivity contribution in [2.24, 2.45) is 0 Å². The average Bonchev–Trinajstić information content (AvgIpc) is 3.24. The van der Waals surface area contributed by atoms with Crippen molar-refractivity contribution in [3.63, 3.8) is 0 Å². The Bertz CT molecular complexity index is 834. The van der Waals surface area contributed by atoms with Crippen LogP contribution in [0.2, 0.25) is 0 Å². The summed E-state index contributed by atoms with van der Waals surface area (Å²) in [5.41, 5.74) is 1.80. The third-order valence-electron chi connectivity index (χ3n) is 4.04. The second-order valence-corrected chi connectivity index (χ2v) is 6.85. The van der Waals surface area contributed by atoms with Gasteiger partial charge in [-0.1, -0.05) is 12.1 Å². The smallest absolute Gasteiger partial charge is 0.174 e. The van der Waals surface area contributed by atoms with Crippen molar-refractivity contribution >= 4 is 34.4 Å². The molecule has 24 heavy (non-hydrogen) atoms. The summed E-state index contributed by atoms with van der Waals surface area (Å²) < 4.78 is 13.3. The lowest BCUT2D eigenvalue weighted by Crippen LogP contribution is -2.29. The number of hydrogen-bond acceptors (Lipinski definition) is 3. The van der Waals surface area contributed by atoms with Crippen LogP contribution in [-0.2, 0) is 0 Å². The third kappa shape index (κ3) is 2.68. The van der Waals surface area contributed by atoms with E-state index in [0.29, 0.717) is 5.11 Å². The molecule has 0 amide bonds. The van der Waals surface area contributed by atoms with Gasteiger partial charge in [-0.15, -0.1) is 11.3 Å². The summed E-state index contributed by atoms with van der Waals surface area (Å²) in [5, 5.41) is 6.05. The topological polar surface area (TPSA) is 28.2 Å². The maximum Gasteiger partial charge on any atom is 0.174 e. The number of benzene rings is 1. The van der Waals surface area contributed by atoms with Gasteiger partial charge in [0.1, 0.15) is 5.82 Å². The highest BCUT2D eigenvalue weighted by molar-refractivity contribution is 7.80. The third-order valence-corrected chi connectivity index (χ3v) is 5.30. The minimum Gasteiger partial charge on any atom is -0.351 e. The molecule has 0 spiro atoms. The monoisotopic (exact) mass is 355 g/mol. The SMILES string of the molecule is Fc1ccc(N2C(=S)N[C@@H](c3ccccn3)[C@H]2c2cccs2)cc1. The molecule has 1 aliphatic heterocycles. The summed E-state index contributed by atoms with van der Waals surface area (Å²) >= 11 is 7.26. The lowest BCUT2D eigenvalue weighted by atomic mass is 10.0. The highest BCUT2D eigenvalue weighted by Gasteiger charge is 2.41. The number of aromatic nitrogens is 1. The van der Waals surface area contributed by atoms with E-state index in [2.05, 4.69) is 21.7 Å². The molecule has 0 bridgehead atoms. The largest absolute Gasteiger partial charge is 0.351 e. The predicted molar refractivity (Wildman–Crippen MR) is 98.7 cm³/mol. The summed E-state index contributed by atoms with van der Waals surface area (Å²) in [6.45, 7) is 0. The van der Waals surface area contributed by atoms with E-state index in [4.69, 9.17) is 12.2 Å². The fourth-order valence-corrected chi connectivity index (χ4v) is 4.18. The molecule has 0 saturated carbocycles. The maximum absolute atomic E-state index is 13.3. The molecule has 0 unspecified atom stereocenters. The van der Waals surface area contributed by atoms with Gasteiger partial charge in [-0.25, -0.2) is 4.39 Å². The molecule has 0 aliphatic carbocycles. The van der Waals surface area contributed by atoms with Gasteiger partial charge in [-0.3, -0.25) is 4.98 Å². The Morgan fingerprint density at radius 2 is 1.92 bits per heavy atom. The van der Waals surface area contributed by atoms with E-state index in [0.717, 1.165) is 11.4 Å². The number of nitrogens with zero attached hydrogens (tertiary/aromatic N) is 2. The fraction of sp³-hybridized carbons (Fsp3) is 0.111. The van der Waals surface area contributed by atoms with Crippen LogP contribution in [0.25, 0.3) is 0 Å². The van der Waals surface area contributed by atoms with Gasteiger partial charge in [0.25, 0.3) is 0 Å². The Balaban J connectivity index is 1.80. The zero-order chi connectivity index (χ0) is 16.5. The second kappa shape index (κ2) is 6.30. The number of thiophene rings is 1. The van der Waals surface area contributed by atoms with E-state index in [9.17, 15) is 4.39 Å². The van der Waals surface area contributed by atoms with Crippen LogP contribution in [0.1, 0.15) is 22.7 Å². The molecule has 1 aromatic carbocycles. The molecule has 1 saturated heterocycles. The Morgan fingerprint density at radius 1 is 1.08 bits per heavy atom. The van der Waals surface area contributed by atoms with E-state index in [-0.39, 0.29) is 17.9 Å². The average molecular weight is 355 g/mol. The van der Waals surface area contributed by atoms with Gasteiger partial charge in [0.15, 0.2) is 5.11 Å². The molecule has 0 radical (unpaired) electrons. The van der Waals surface area contributed by atoms with Gasteiger partial charge < -0.3 is 10.2 Å². The van der Waals surface area contributed by atoms with Crippen LogP contribution in [0.15, 0.2) is 66.2 Å². The molecule has 3 heterocycles. The summed E-state index contributed by atoms with van der Waals surface area (Å²) in [7, 11) is 0. The summed E-state index contributed by atoms with van der Waals surface area (Å²) in [4.78, 5) is 7.72. The van der Waals surface area contributed by atoms with Crippen molar-refractivity contribution in [3.8, 4) is 0 Å². The highest BCUT2D eigenvalue weighted by atomic mass is 32.1. The molecule has 3 aromatic rings. The van der Waals surface area contributed by atoms with Crippen molar-refractivity contribution in [2.45, 2.75) is 12.1 Å². The standard InChI is InChI=1S/C18H14FN3S2/c19-12-6-8-13(9-7-12)22-17(15-5-3-11-24-15)16(21-18(22)23)14-4-1-2-10-20-14/h1-11,16-17H,(H,21,23)/t16-,17+/m0/s1. The number of pyridine rings is 1. The van der Waals surface area contributed by atoms with Crippen molar-refractivity contribution in [1.82, 2.24) is 10.3 Å². The van der Waals surface area contributed by atoms with Crippen LogP contribution in [-0.4, -0.2) is 10.1 Å². The number of hydrogen-bond donors (Lipinski definition) is 1. The van der Waals surface area contributed by atoms with E-state index >= 15 is 0 Å². The van der Waals surface area contributed by atoms with Crippen LogP contribution >= 0.6 is 23.6 Å². The van der Waals surface area contributed by atoms with Crippen molar-refractivity contribution in [2.75, 3.05) is 4.90 Å². The Hall–Kier alpha value is -2.31. The Morgan fingerprint density at radius 3 is 2.58 bits per heavy atom. The van der Waals surface area contributed by atoms with Crippen LogP contribution in [0.3, 0.4) is 0 Å². The molecule has 6 heteroatoms. The molecule has 2 atom stereocenters. The van der Waals surface area contributed by atoms with Gasteiger partial charge in [-0.2, -0.15) is 0 Å². The van der Waals surface area contributed by atoms with Gasteiger partial charge in [0.05, 0.1) is 17.8 Å². The predicted octanol–water partition coefficient (Wildman–Crippen LogP) is 4.46. The molecule has 1 aliphatic rings. The highest BCUT2D eigenvalue weighted by Crippen LogP contribution is 2.42. The molecule has 1 N–H and O–H groups in total. The first-order chi connectivity index (χ1) is 11.7. The first kappa shape index (κ1) is 15.2. The van der Waals surface area contributed by atoms with Crippen LogP contribution in [0.5, 0.6) is 0 Å². The normalized spacial score (nSPS) is 20.2. The summed E-state index contributed by atoms with van der Waals surface area (Å²) in [5.74, 6) is -0.259. The zero-order valence-electron chi connectivity index (χ0n) is 12.6. The molecule has 2 aromatic heterocycles. The minimum atomic E-state index is -0.259. The Labute approximate surface area is 148 Å². The quantitative estimate of drug-likeness (QED) is 0.702. The molecular formula is C18H14FN3S2. The van der Waals surface area contributed by atoms with E-state index in [1.807, 2.05) is 29.2 Å². The van der Waals surface area contributed by atoms with Crippen molar-refractivity contribution in [3.05, 3.63) is 82.6 Å². The van der Waals surface area contributed by atoms with Gasteiger partial charge in [0.2, 0.25) is 0 Å². The van der Waals surface area contributed by atoms with E-state index < -0.39 is 0 Å². The van der Waals surface area contributed by atoms with Crippen molar-refractivity contribution < 1.29 is 4.39 Å². The second-order valence-electron chi connectivity index (χ2n) is 5.49. The fourth-order valence-electron chi connectivity index (χ4n) is 2.98. The molecule has 1 fully saturated rings. The summed E-state index contributed by atoms with van der Waals surface area (Å²) in [6.07, 6.45) is 1.78. The van der Waals surface area contributed by atoms with Crippen LogP contribution < -0.4 is 10.2 Å². The minimum absolute atomic E-state index is 0.0159. The summed E-state index contributed by atoms with van der Waals surface area (Å²) in [6, 6.07) is 16.3. The zero-order valence-corrected chi connectivity index (χ0v) is 14.2. The lowest BCUT2D eigenvalue weighted by molar-refractivity contribution is 0.575. The van der Waals surface area contributed by atoms with E-state index in [1.54, 1.807) is 29.7 Å².